The van der Waals surface area contributed by atoms with Gasteiger partial charge in [-0.3, -0.25) is 4.79 Å². The van der Waals surface area contributed by atoms with Gasteiger partial charge in [-0.1, -0.05) is 44.0 Å². The van der Waals surface area contributed by atoms with Gasteiger partial charge >= 0.3 is 0 Å². The highest BCUT2D eigenvalue weighted by Crippen LogP contribution is 2.30. The molecule has 1 aromatic heterocycles. The maximum Gasteiger partial charge on any atom is 0.256 e. The Kier molecular flexibility index (Phi) is 4.75. The number of nitrogens with zero attached hydrogens (tertiary/aromatic N) is 1. The minimum Gasteiger partial charge on any atom is -0.302 e. The normalized spacial score (nSPS) is 11.1. The Balaban J connectivity index is 2.67. The molecule has 0 radical (unpaired) electrons. The molecule has 1 aromatic carbocycles. The molecule has 0 aliphatic heterocycles. The van der Waals surface area contributed by atoms with E-state index in [2.05, 4.69) is 31.9 Å². The van der Waals surface area contributed by atoms with Gasteiger partial charge in [0.15, 0.2) is 0 Å². The summed E-state index contributed by atoms with van der Waals surface area (Å²) >= 11 is 6.73. The van der Waals surface area contributed by atoms with Gasteiger partial charge in [0, 0.05) is 20.1 Å². The minimum absolute atomic E-state index is 0.391. The van der Waals surface area contributed by atoms with E-state index in [1.807, 2.05) is 6.07 Å². The van der Waals surface area contributed by atoms with Crippen molar-refractivity contribution in [3.8, 4) is 11.3 Å². The molecule has 20 heavy (non-hydrogen) atoms. The third kappa shape index (κ3) is 3.17. The molecule has 0 amide bonds. The van der Waals surface area contributed by atoms with Crippen LogP contribution in [0.2, 0.25) is 0 Å². The number of aromatic nitrogens is 1. The molecule has 106 valence electrons. The number of aryl methyl sites for hydroxylation is 1. The maximum absolute atomic E-state index is 12.7. The monoisotopic (exact) mass is 405 g/mol. The molecular weight excluding hydrogens is 396 g/mol. The Hall–Kier alpha value is -1.01. The SMILES string of the molecule is Cc1ccc(-c2ccc(Br)cc2Br)n(CC(F)F)c1=O. The highest BCUT2D eigenvalue weighted by Gasteiger charge is 2.14. The Morgan fingerprint density at radius 2 is 1.90 bits per heavy atom. The molecule has 2 nitrogen and oxygen atoms in total. The molecule has 0 saturated carbocycles. The van der Waals surface area contributed by atoms with Gasteiger partial charge in [0.2, 0.25) is 0 Å². The zero-order chi connectivity index (χ0) is 14.9. The van der Waals surface area contributed by atoms with Crippen LogP contribution in [0.15, 0.2) is 44.1 Å². The first-order chi connectivity index (χ1) is 9.40. The molecule has 0 bridgehead atoms. The lowest BCUT2D eigenvalue weighted by Gasteiger charge is -2.15. The van der Waals surface area contributed by atoms with Gasteiger partial charge in [0.05, 0.1) is 12.2 Å². The van der Waals surface area contributed by atoms with Gasteiger partial charge in [-0.15, -0.1) is 0 Å². The lowest BCUT2D eigenvalue weighted by Crippen LogP contribution is -2.26. The van der Waals surface area contributed by atoms with E-state index < -0.39 is 18.5 Å². The van der Waals surface area contributed by atoms with Crippen molar-refractivity contribution in [1.29, 1.82) is 0 Å². The third-order valence-electron chi connectivity index (χ3n) is 2.89. The van der Waals surface area contributed by atoms with Crippen LogP contribution in [0.3, 0.4) is 0 Å². The summed E-state index contributed by atoms with van der Waals surface area (Å²) in [6.07, 6.45) is -2.58. The molecule has 0 aliphatic rings. The molecule has 0 fully saturated rings. The summed E-state index contributed by atoms with van der Waals surface area (Å²) in [5.74, 6) is 0. The summed E-state index contributed by atoms with van der Waals surface area (Å²) in [5, 5.41) is 0. The minimum atomic E-state index is -2.58. The van der Waals surface area contributed by atoms with Gasteiger partial charge in [-0.2, -0.15) is 0 Å². The van der Waals surface area contributed by atoms with E-state index in [-0.39, 0.29) is 0 Å². The van der Waals surface area contributed by atoms with Crippen LogP contribution in [0.25, 0.3) is 11.3 Å². The van der Waals surface area contributed by atoms with Crippen molar-refractivity contribution in [3.05, 3.63) is 55.2 Å². The van der Waals surface area contributed by atoms with Gasteiger partial charge in [-0.25, -0.2) is 8.78 Å². The molecule has 0 aliphatic carbocycles. The Bertz CT molecular complexity index is 698. The van der Waals surface area contributed by atoms with Gasteiger partial charge in [-0.05, 0) is 25.1 Å². The first-order valence-corrected chi connectivity index (χ1v) is 7.42. The molecule has 2 rings (SSSR count). The largest absolute Gasteiger partial charge is 0.302 e. The van der Waals surface area contributed by atoms with Crippen molar-refractivity contribution in [1.82, 2.24) is 4.57 Å². The van der Waals surface area contributed by atoms with Crippen molar-refractivity contribution in [2.24, 2.45) is 0 Å². The van der Waals surface area contributed by atoms with Crippen molar-refractivity contribution < 1.29 is 8.78 Å². The summed E-state index contributed by atoms with van der Waals surface area (Å²) < 4.78 is 28.1. The molecule has 0 saturated heterocycles. The second-order valence-corrected chi connectivity index (χ2v) is 6.10. The van der Waals surface area contributed by atoms with Crippen LogP contribution >= 0.6 is 31.9 Å². The van der Waals surface area contributed by atoms with Gasteiger partial charge in [0.25, 0.3) is 12.0 Å². The first kappa shape index (κ1) is 15.4. The molecule has 0 spiro atoms. The number of alkyl halides is 2. The summed E-state index contributed by atoms with van der Waals surface area (Å²) in [5.41, 5.74) is 1.23. The second-order valence-electron chi connectivity index (χ2n) is 4.33. The number of halogens is 4. The molecule has 2 aromatic rings. The molecule has 0 atom stereocenters. The van der Waals surface area contributed by atoms with Crippen molar-refractivity contribution in [2.75, 3.05) is 0 Å². The van der Waals surface area contributed by atoms with Crippen LogP contribution in [-0.2, 0) is 6.54 Å². The highest BCUT2D eigenvalue weighted by molar-refractivity contribution is 9.11. The second kappa shape index (κ2) is 6.18. The lowest BCUT2D eigenvalue weighted by atomic mass is 10.1. The Morgan fingerprint density at radius 3 is 2.50 bits per heavy atom. The van der Waals surface area contributed by atoms with E-state index in [1.54, 1.807) is 31.2 Å². The number of benzene rings is 1. The summed E-state index contributed by atoms with van der Waals surface area (Å²) in [6.45, 7) is 1.00. The van der Waals surface area contributed by atoms with E-state index in [0.717, 1.165) is 13.5 Å². The van der Waals surface area contributed by atoms with Crippen LogP contribution in [0.1, 0.15) is 5.56 Å². The van der Waals surface area contributed by atoms with Crippen LogP contribution in [0, 0.1) is 6.92 Å². The smallest absolute Gasteiger partial charge is 0.256 e. The summed E-state index contributed by atoms with van der Waals surface area (Å²) in [7, 11) is 0. The Labute approximate surface area is 131 Å². The average molecular weight is 407 g/mol. The van der Waals surface area contributed by atoms with Gasteiger partial charge in [0.1, 0.15) is 0 Å². The van der Waals surface area contributed by atoms with Crippen LogP contribution in [-0.4, -0.2) is 11.0 Å². The predicted octanol–water partition coefficient (Wildman–Crippen LogP) is 4.61. The van der Waals surface area contributed by atoms with E-state index in [9.17, 15) is 13.6 Å². The molecule has 0 unspecified atom stereocenters. The van der Waals surface area contributed by atoms with E-state index in [1.165, 1.54) is 0 Å². The fraction of sp³-hybridized carbons (Fsp3) is 0.214. The molecule has 0 N–H and O–H groups in total. The topological polar surface area (TPSA) is 22.0 Å². The van der Waals surface area contributed by atoms with E-state index in [0.29, 0.717) is 16.8 Å². The Morgan fingerprint density at radius 1 is 1.20 bits per heavy atom. The molecule has 1 heterocycles. The molecule has 6 heteroatoms. The fourth-order valence-electron chi connectivity index (χ4n) is 1.94. The highest BCUT2D eigenvalue weighted by atomic mass is 79.9. The summed E-state index contributed by atoms with van der Waals surface area (Å²) in [4.78, 5) is 12.1. The van der Waals surface area contributed by atoms with E-state index in [4.69, 9.17) is 0 Å². The quantitative estimate of drug-likeness (QED) is 0.729. The van der Waals surface area contributed by atoms with Crippen molar-refractivity contribution in [2.45, 2.75) is 19.9 Å². The number of pyridine rings is 1. The van der Waals surface area contributed by atoms with E-state index >= 15 is 0 Å². The first-order valence-electron chi connectivity index (χ1n) is 5.84. The predicted molar refractivity (Wildman–Crippen MR) is 82.3 cm³/mol. The number of rotatable bonds is 3. The zero-order valence-corrected chi connectivity index (χ0v) is 13.7. The van der Waals surface area contributed by atoms with Crippen LogP contribution < -0.4 is 5.56 Å². The van der Waals surface area contributed by atoms with Crippen molar-refractivity contribution in [3.63, 3.8) is 0 Å². The van der Waals surface area contributed by atoms with Crippen molar-refractivity contribution >= 4 is 31.9 Å². The zero-order valence-electron chi connectivity index (χ0n) is 10.5. The fourth-order valence-corrected chi connectivity index (χ4v) is 3.19. The van der Waals surface area contributed by atoms with Crippen LogP contribution in [0.4, 0.5) is 8.78 Å². The lowest BCUT2D eigenvalue weighted by molar-refractivity contribution is 0.126. The standard InChI is InChI=1S/C14H11Br2F2NO/c1-8-2-5-12(19(14(8)20)7-13(17)18)10-4-3-9(15)6-11(10)16/h2-6,13H,7H2,1H3. The van der Waals surface area contributed by atoms with Gasteiger partial charge < -0.3 is 4.57 Å². The molecular formula is C14H11Br2F2NO. The number of hydrogen-bond acceptors (Lipinski definition) is 1. The maximum atomic E-state index is 12.7. The number of hydrogen-bond donors (Lipinski definition) is 0. The summed E-state index contributed by atoms with van der Waals surface area (Å²) in [6, 6.07) is 8.73. The third-order valence-corrected chi connectivity index (χ3v) is 4.04. The van der Waals surface area contributed by atoms with Crippen LogP contribution in [0.5, 0.6) is 0 Å². The average Bonchev–Trinajstić information content (AvgIpc) is 2.36.